The molecule has 0 unspecified atom stereocenters. The molecule has 2 rings (SSSR count). The maximum absolute atomic E-state index is 12.1. The molecule has 2 heterocycles. The van der Waals surface area contributed by atoms with E-state index in [4.69, 9.17) is 0 Å². The van der Waals surface area contributed by atoms with Crippen molar-refractivity contribution in [3.63, 3.8) is 0 Å². The molecule has 1 aliphatic heterocycles. The Labute approximate surface area is 104 Å². The van der Waals surface area contributed by atoms with Gasteiger partial charge in [0.1, 0.15) is 4.88 Å². The molecular formula is C10H12N2O3S2. The molecule has 0 saturated heterocycles. The summed E-state index contributed by atoms with van der Waals surface area (Å²) in [6, 6.07) is 1.64. The second kappa shape index (κ2) is 3.85. The standard InChI is InChI=1S/C10H12N2O3S2/c1-11(2)6-8-9(13)10-7(4-5-16-10)12(3)17(8,14)15/h4-6H,1-3H3/b8-6-. The number of ketones is 1. The SMILES string of the molecule is CN(C)/C=C1/C(=O)c2sccc2N(C)S1(=O)=O. The van der Waals surface area contributed by atoms with E-state index in [2.05, 4.69) is 0 Å². The molecule has 1 aromatic rings. The molecule has 5 nitrogen and oxygen atoms in total. The second-order valence-corrected chi connectivity index (χ2v) is 6.75. The number of hydrogen-bond acceptors (Lipinski definition) is 5. The number of anilines is 1. The van der Waals surface area contributed by atoms with Crippen molar-refractivity contribution in [1.82, 2.24) is 4.90 Å². The van der Waals surface area contributed by atoms with E-state index in [9.17, 15) is 13.2 Å². The Morgan fingerprint density at radius 3 is 2.65 bits per heavy atom. The summed E-state index contributed by atoms with van der Waals surface area (Å²) in [5.41, 5.74) is 0.455. The van der Waals surface area contributed by atoms with Gasteiger partial charge in [-0.1, -0.05) is 0 Å². The van der Waals surface area contributed by atoms with Crippen LogP contribution in [0.5, 0.6) is 0 Å². The first kappa shape index (κ1) is 12.1. The van der Waals surface area contributed by atoms with Crippen LogP contribution in [0.3, 0.4) is 0 Å². The van der Waals surface area contributed by atoms with Crippen LogP contribution in [0.15, 0.2) is 22.6 Å². The molecule has 0 radical (unpaired) electrons. The number of carbonyl (C=O) groups excluding carboxylic acids is 1. The number of thiophene rings is 1. The minimum Gasteiger partial charge on any atom is -0.382 e. The van der Waals surface area contributed by atoms with E-state index in [1.807, 2.05) is 0 Å². The molecule has 92 valence electrons. The number of carbonyl (C=O) groups is 1. The van der Waals surface area contributed by atoms with Gasteiger partial charge in [-0.25, -0.2) is 8.42 Å². The van der Waals surface area contributed by atoms with Crippen LogP contribution in [0, 0.1) is 0 Å². The Kier molecular flexibility index (Phi) is 2.75. The van der Waals surface area contributed by atoms with Crippen LogP contribution >= 0.6 is 11.3 Å². The number of Topliss-reactive ketones (excluding diaryl/α,β-unsaturated/α-hetero) is 1. The lowest BCUT2D eigenvalue weighted by atomic mass is 10.2. The average molecular weight is 272 g/mol. The van der Waals surface area contributed by atoms with Gasteiger partial charge in [-0.15, -0.1) is 11.3 Å². The Bertz CT molecular complexity index is 599. The minimum absolute atomic E-state index is 0.181. The molecule has 0 spiro atoms. The van der Waals surface area contributed by atoms with E-state index in [0.717, 1.165) is 4.31 Å². The normalized spacial score (nSPS) is 20.5. The summed E-state index contributed by atoms with van der Waals surface area (Å²) in [5, 5.41) is 1.72. The van der Waals surface area contributed by atoms with Crippen molar-refractivity contribution in [2.45, 2.75) is 0 Å². The van der Waals surface area contributed by atoms with Crippen molar-refractivity contribution < 1.29 is 13.2 Å². The third-order valence-corrected chi connectivity index (χ3v) is 5.09. The minimum atomic E-state index is -3.72. The van der Waals surface area contributed by atoms with Gasteiger partial charge in [-0.3, -0.25) is 9.10 Å². The summed E-state index contributed by atoms with van der Waals surface area (Å²) in [7, 11) is 1.10. The molecule has 0 aliphatic carbocycles. The number of hydrogen-bond donors (Lipinski definition) is 0. The molecule has 7 heteroatoms. The Hall–Kier alpha value is -1.34. The summed E-state index contributed by atoms with van der Waals surface area (Å²) in [4.78, 5) is 13.9. The second-order valence-electron chi connectivity index (χ2n) is 3.89. The zero-order valence-corrected chi connectivity index (χ0v) is 11.3. The largest absolute Gasteiger partial charge is 0.382 e. The average Bonchev–Trinajstić information content (AvgIpc) is 2.70. The topological polar surface area (TPSA) is 57.7 Å². The summed E-state index contributed by atoms with van der Waals surface area (Å²) in [6.07, 6.45) is 1.34. The molecule has 1 aliphatic rings. The van der Waals surface area contributed by atoms with Crippen molar-refractivity contribution in [1.29, 1.82) is 0 Å². The maximum Gasteiger partial charge on any atom is 0.269 e. The van der Waals surface area contributed by atoms with Crippen LogP contribution in [-0.4, -0.2) is 40.2 Å². The molecule has 0 saturated carbocycles. The lowest BCUT2D eigenvalue weighted by Gasteiger charge is -2.26. The van der Waals surface area contributed by atoms with Crippen LogP contribution in [0.2, 0.25) is 0 Å². The first-order valence-corrected chi connectivity index (χ1v) is 7.17. The number of rotatable bonds is 1. The van der Waals surface area contributed by atoms with Crippen LogP contribution in [0.1, 0.15) is 9.67 Å². The van der Waals surface area contributed by atoms with Gasteiger partial charge in [-0.05, 0) is 11.4 Å². The van der Waals surface area contributed by atoms with E-state index in [-0.39, 0.29) is 4.91 Å². The number of nitrogens with zero attached hydrogens (tertiary/aromatic N) is 2. The van der Waals surface area contributed by atoms with Crippen LogP contribution in [0.4, 0.5) is 5.69 Å². The van der Waals surface area contributed by atoms with Crippen molar-refractivity contribution in [2.75, 3.05) is 25.4 Å². The van der Waals surface area contributed by atoms with Gasteiger partial charge in [0.05, 0.1) is 5.69 Å². The van der Waals surface area contributed by atoms with Gasteiger partial charge in [0.15, 0.2) is 4.91 Å². The molecule has 0 atom stereocenters. The van der Waals surface area contributed by atoms with Gasteiger partial charge in [-0.2, -0.15) is 0 Å². The zero-order valence-electron chi connectivity index (χ0n) is 9.67. The van der Waals surface area contributed by atoms with Crippen molar-refractivity contribution >= 4 is 32.8 Å². The zero-order chi connectivity index (χ0) is 12.8. The van der Waals surface area contributed by atoms with Crippen molar-refractivity contribution in [3.8, 4) is 0 Å². The quantitative estimate of drug-likeness (QED) is 0.719. The lowest BCUT2D eigenvalue weighted by Crippen LogP contribution is -2.36. The molecule has 0 amide bonds. The Balaban J connectivity index is 2.70. The number of fused-ring (bicyclic) bond motifs is 1. The molecule has 0 aromatic carbocycles. The molecule has 17 heavy (non-hydrogen) atoms. The summed E-state index contributed by atoms with van der Waals surface area (Å²) >= 11 is 1.25. The van der Waals surface area contributed by atoms with Gasteiger partial charge in [0, 0.05) is 27.3 Å². The highest BCUT2D eigenvalue weighted by molar-refractivity contribution is 7.97. The summed E-state index contributed by atoms with van der Waals surface area (Å²) in [6.45, 7) is 0. The number of sulfonamides is 1. The highest BCUT2D eigenvalue weighted by atomic mass is 32.2. The maximum atomic E-state index is 12.1. The predicted molar refractivity (Wildman–Crippen MR) is 67.7 cm³/mol. The predicted octanol–water partition coefficient (Wildman–Crippen LogP) is 1.11. The van der Waals surface area contributed by atoms with E-state index in [1.165, 1.54) is 24.6 Å². The first-order valence-electron chi connectivity index (χ1n) is 4.85. The third-order valence-electron chi connectivity index (χ3n) is 2.43. The number of allylic oxidation sites excluding steroid dienone is 1. The van der Waals surface area contributed by atoms with E-state index >= 15 is 0 Å². The smallest absolute Gasteiger partial charge is 0.269 e. The van der Waals surface area contributed by atoms with E-state index in [0.29, 0.717) is 10.6 Å². The van der Waals surface area contributed by atoms with Crippen molar-refractivity contribution in [2.24, 2.45) is 0 Å². The van der Waals surface area contributed by atoms with Crippen LogP contribution in [0.25, 0.3) is 0 Å². The first-order chi connectivity index (χ1) is 7.85. The van der Waals surface area contributed by atoms with Gasteiger partial charge in [0.2, 0.25) is 5.78 Å². The van der Waals surface area contributed by atoms with Crippen LogP contribution < -0.4 is 4.31 Å². The van der Waals surface area contributed by atoms with Gasteiger partial charge in [0.25, 0.3) is 10.0 Å². The Morgan fingerprint density at radius 1 is 1.41 bits per heavy atom. The van der Waals surface area contributed by atoms with E-state index in [1.54, 1.807) is 30.4 Å². The fraction of sp³-hybridized carbons (Fsp3) is 0.300. The lowest BCUT2D eigenvalue weighted by molar-refractivity contribution is 0.104. The summed E-state index contributed by atoms with van der Waals surface area (Å²) in [5.74, 6) is -0.429. The molecule has 0 fully saturated rings. The Morgan fingerprint density at radius 2 is 2.06 bits per heavy atom. The fourth-order valence-electron chi connectivity index (χ4n) is 1.59. The molecule has 0 bridgehead atoms. The monoisotopic (exact) mass is 272 g/mol. The third kappa shape index (κ3) is 1.75. The fourth-order valence-corrected chi connectivity index (χ4v) is 3.97. The van der Waals surface area contributed by atoms with Gasteiger partial charge < -0.3 is 4.90 Å². The van der Waals surface area contributed by atoms with E-state index < -0.39 is 15.8 Å². The molecule has 1 aromatic heterocycles. The highest BCUT2D eigenvalue weighted by Gasteiger charge is 2.39. The highest BCUT2D eigenvalue weighted by Crippen LogP contribution is 2.37. The van der Waals surface area contributed by atoms with Crippen LogP contribution in [-0.2, 0) is 10.0 Å². The molecular weight excluding hydrogens is 260 g/mol. The molecule has 0 N–H and O–H groups in total. The van der Waals surface area contributed by atoms with Crippen molar-refractivity contribution in [3.05, 3.63) is 27.4 Å². The summed E-state index contributed by atoms with van der Waals surface area (Å²) < 4.78 is 25.4. The van der Waals surface area contributed by atoms with Gasteiger partial charge >= 0.3 is 0 Å².